The minimum Gasteiger partial charge on any atom is -0.493 e. The van der Waals surface area contributed by atoms with Crippen LogP contribution in [0.1, 0.15) is 18.5 Å². The number of rotatable bonds is 7. The van der Waals surface area contributed by atoms with Crippen LogP contribution in [0.15, 0.2) is 48.2 Å². The van der Waals surface area contributed by atoms with Crippen molar-refractivity contribution < 1.29 is 23.0 Å². The summed E-state index contributed by atoms with van der Waals surface area (Å²) in [5.74, 6) is -1.35. The van der Waals surface area contributed by atoms with E-state index in [0.717, 1.165) is 23.9 Å². The molecule has 2 N–H and O–H groups in total. The number of para-hydroxylation sites is 1. The summed E-state index contributed by atoms with van der Waals surface area (Å²) in [6.07, 6.45) is 0.956. The predicted octanol–water partition coefficient (Wildman–Crippen LogP) is 3.68. The Hall–Kier alpha value is -3.60. The van der Waals surface area contributed by atoms with E-state index in [-0.39, 0.29) is 5.57 Å². The molecule has 0 aliphatic heterocycles. The molecule has 0 bridgehead atoms. The average molecular weight is 387 g/mol. The third-order valence-electron chi connectivity index (χ3n) is 3.94. The van der Waals surface area contributed by atoms with E-state index < -0.39 is 29.3 Å². The predicted molar refractivity (Wildman–Crippen MR) is 99.8 cm³/mol. The van der Waals surface area contributed by atoms with Gasteiger partial charge in [-0.15, -0.1) is 0 Å². The SMILES string of the molecule is COc1ccc(C(C)NC(=O)/C(C#N)=C\Nc2c(F)cccc2F)cc1OC. The van der Waals surface area contributed by atoms with E-state index in [2.05, 4.69) is 10.6 Å². The standard InChI is InChI=1S/C20H19F2N3O3/c1-12(13-7-8-17(27-2)18(9-13)28-3)25-20(26)14(10-23)11-24-19-15(21)5-4-6-16(19)22/h4-9,11-12,24H,1-3H3,(H,25,26)/b14-11-. The second-order valence-electron chi connectivity index (χ2n) is 5.72. The van der Waals surface area contributed by atoms with Gasteiger partial charge in [0, 0.05) is 6.20 Å². The van der Waals surface area contributed by atoms with Crippen LogP contribution in [0.3, 0.4) is 0 Å². The maximum atomic E-state index is 13.6. The lowest BCUT2D eigenvalue weighted by Gasteiger charge is -2.16. The molecule has 0 heterocycles. The lowest BCUT2D eigenvalue weighted by atomic mass is 10.1. The van der Waals surface area contributed by atoms with E-state index in [1.54, 1.807) is 31.2 Å². The highest BCUT2D eigenvalue weighted by Gasteiger charge is 2.16. The smallest absolute Gasteiger partial charge is 0.263 e. The number of carbonyl (C=O) groups is 1. The summed E-state index contributed by atoms with van der Waals surface area (Å²) < 4.78 is 37.7. The molecule has 1 unspecified atom stereocenters. The third kappa shape index (κ3) is 4.76. The zero-order valence-corrected chi connectivity index (χ0v) is 15.5. The summed E-state index contributed by atoms with van der Waals surface area (Å²) in [6.45, 7) is 1.72. The van der Waals surface area contributed by atoms with Gasteiger partial charge in [-0.3, -0.25) is 4.79 Å². The van der Waals surface area contributed by atoms with Crippen LogP contribution in [-0.4, -0.2) is 20.1 Å². The van der Waals surface area contributed by atoms with Gasteiger partial charge in [-0.05, 0) is 36.8 Å². The van der Waals surface area contributed by atoms with Crippen LogP contribution in [0.4, 0.5) is 14.5 Å². The number of nitriles is 1. The zero-order valence-electron chi connectivity index (χ0n) is 15.5. The van der Waals surface area contributed by atoms with E-state index in [0.29, 0.717) is 11.5 Å². The Morgan fingerprint density at radius 3 is 2.36 bits per heavy atom. The number of ether oxygens (including phenoxy) is 2. The molecule has 2 aromatic rings. The number of benzene rings is 2. The maximum absolute atomic E-state index is 13.6. The van der Waals surface area contributed by atoms with Crippen molar-refractivity contribution in [2.24, 2.45) is 0 Å². The van der Waals surface area contributed by atoms with Crippen molar-refractivity contribution in [3.05, 3.63) is 65.4 Å². The first-order valence-corrected chi connectivity index (χ1v) is 8.24. The third-order valence-corrected chi connectivity index (χ3v) is 3.94. The molecule has 146 valence electrons. The fourth-order valence-corrected chi connectivity index (χ4v) is 2.41. The number of hydrogen-bond acceptors (Lipinski definition) is 5. The van der Waals surface area contributed by atoms with E-state index in [4.69, 9.17) is 9.47 Å². The Kier molecular flexibility index (Phi) is 6.93. The lowest BCUT2D eigenvalue weighted by molar-refractivity contribution is -0.117. The molecule has 0 fully saturated rings. The highest BCUT2D eigenvalue weighted by Crippen LogP contribution is 2.30. The Labute approximate surface area is 161 Å². The van der Waals surface area contributed by atoms with Crippen molar-refractivity contribution >= 4 is 11.6 Å². The topological polar surface area (TPSA) is 83.4 Å². The molecule has 0 saturated heterocycles. The minimum absolute atomic E-state index is 0.338. The van der Waals surface area contributed by atoms with E-state index >= 15 is 0 Å². The van der Waals surface area contributed by atoms with Gasteiger partial charge in [0.05, 0.1) is 20.3 Å². The molecule has 2 aromatic carbocycles. The van der Waals surface area contributed by atoms with Gasteiger partial charge in [0.1, 0.15) is 29.0 Å². The number of amides is 1. The summed E-state index contributed by atoms with van der Waals surface area (Å²) in [4.78, 5) is 12.3. The molecule has 1 amide bonds. The molecule has 8 heteroatoms. The van der Waals surface area contributed by atoms with Crippen LogP contribution in [0.25, 0.3) is 0 Å². The molecule has 0 spiro atoms. The van der Waals surface area contributed by atoms with Crippen LogP contribution in [-0.2, 0) is 4.79 Å². The quantitative estimate of drug-likeness (QED) is 0.559. The van der Waals surface area contributed by atoms with Crippen molar-refractivity contribution in [3.8, 4) is 17.6 Å². The molecule has 0 radical (unpaired) electrons. The molecule has 0 aliphatic carbocycles. The summed E-state index contributed by atoms with van der Waals surface area (Å²) in [7, 11) is 3.01. The van der Waals surface area contributed by atoms with Crippen molar-refractivity contribution in [3.63, 3.8) is 0 Å². The largest absolute Gasteiger partial charge is 0.493 e. The second-order valence-corrected chi connectivity index (χ2v) is 5.72. The molecule has 1 atom stereocenters. The molecule has 2 rings (SSSR count). The number of nitrogens with zero attached hydrogens (tertiary/aromatic N) is 1. The van der Waals surface area contributed by atoms with Gasteiger partial charge in [-0.2, -0.15) is 5.26 Å². The maximum Gasteiger partial charge on any atom is 0.263 e. The minimum atomic E-state index is -0.840. The van der Waals surface area contributed by atoms with Crippen LogP contribution >= 0.6 is 0 Å². The second kappa shape index (κ2) is 9.37. The Bertz CT molecular complexity index is 919. The zero-order chi connectivity index (χ0) is 20.7. The van der Waals surface area contributed by atoms with Gasteiger partial charge >= 0.3 is 0 Å². The summed E-state index contributed by atoms with van der Waals surface area (Å²) in [5.41, 5.74) is -0.0673. The van der Waals surface area contributed by atoms with Crippen molar-refractivity contribution in [2.45, 2.75) is 13.0 Å². The molecule has 0 aromatic heterocycles. The van der Waals surface area contributed by atoms with Gasteiger partial charge in [-0.1, -0.05) is 12.1 Å². The first-order chi connectivity index (χ1) is 13.4. The van der Waals surface area contributed by atoms with Crippen molar-refractivity contribution in [1.82, 2.24) is 5.32 Å². The van der Waals surface area contributed by atoms with Gasteiger partial charge in [0.2, 0.25) is 0 Å². The molecule has 6 nitrogen and oxygen atoms in total. The van der Waals surface area contributed by atoms with Crippen molar-refractivity contribution in [2.75, 3.05) is 19.5 Å². The van der Waals surface area contributed by atoms with Crippen LogP contribution < -0.4 is 20.1 Å². The van der Waals surface area contributed by atoms with Crippen LogP contribution in [0.2, 0.25) is 0 Å². The molecule has 0 saturated carbocycles. The molecule has 0 aliphatic rings. The monoisotopic (exact) mass is 387 g/mol. The van der Waals surface area contributed by atoms with Crippen LogP contribution in [0, 0.1) is 23.0 Å². The number of halogens is 2. The number of nitrogens with one attached hydrogen (secondary N) is 2. The van der Waals surface area contributed by atoms with Crippen LogP contribution in [0.5, 0.6) is 11.5 Å². The summed E-state index contributed by atoms with van der Waals surface area (Å²) in [5, 5.41) is 14.2. The number of methoxy groups -OCH3 is 2. The number of carbonyl (C=O) groups excluding carboxylic acids is 1. The lowest BCUT2D eigenvalue weighted by Crippen LogP contribution is -2.28. The fourth-order valence-electron chi connectivity index (χ4n) is 2.41. The fraction of sp³-hybridized carbons (Fsp3) is 0.200. The Morgan fingerprint density at radius 1 is 1.14 bits per heavy atom. The first kappa shape index (κ1) is 20.7. The number of hydrogen-bond donors (Lipinski definition) is 2. The Morgan fingerprint density at radius 2 is 1.79 bits per heavy atom. The van der Waals surface area contributed by atoms with Gasteiger partial charge in [-0.25, -0.2) is 8.78 Å². The number of anilines is 1. The highest BCUT2D eigenvalue weighted by atomic mass is 19.1. The van der Waals surface area contributed by atoms with Gasteiger partial charge in [0.25, 0.3) is 5.91 Å². The van der Waals surface area contributed by atoms with E-state index in [1.165, 1.54) is 20.3 Å². The van der Waals surface area contributed by atoms with Gasteiger partial charge in [0.15, 0.2) is 11.5 Å². The Balaban J connectivity index is 2.14. The first-order valence-electron chi connectivity index (χ1n) is 8.24. The highest BCUT2D eigenvalue weighted by molar-refractivity contribution is 5.97. The summed E-state index contributed by atoms with van der Waals surface area (Å²) >= 11 is 0. The molecular weight excluding hydrogens is 368 g/mol. The van der Waals surface area contributed by atoms with E-state index in [1.807, 2.05) is 0 Å². The van der Waals surface area contributed by atoms with Crippen molar-refractivity contribution in [1.29, 1.82) is 5.26 Å². The van der Waals surface area contributed by atoms with E-state index in [9.17, 15) is 18.8 Å². The van der Waals surface area contributed by atoms with Gasteiger partial charge < -0.3 is 20.1 Å². The summed E-state index contributed by atoms with van der Waals surface area (Å²) in [6, 6.07) is 9.71. The average Bonchev–Trinajstić information content (AvgIpc) is 2.69. The molecular formula is C20H19F2N3O3. The molecule has 28 heavy (non-hydrogen) atoms. The normalized spacial score (nSPS) is 11.9.